The first kappa shape index (κ1) is 22.3. The number of aliphatic hydroxyl groups is 1. The van der Waals surface area contributed by atoms with Gasteiger partial charge in [0, 0.05) is 38.3 Å². The quantitative estimate of drug-likeness (QED) is 0.741. The Morgan fingerprint density at radius 2 is 1.94 bits per heavy atom. The highest BCUT2D eigenvalue weighted by Crippen LogP contribution is 2.44. The second-order valence-electron chi connectivity index (χ2n) is 9.86. The normalized spacial score (nSPS) is 30.7. The molecule has 0 radical (unpaired) electrons. The van der Waals surface area contributed by atoms with Crippen LogP contribution in [0.2, 0.25) is 0 Å². The van der Waals surface area contributed by atoms with Gasteiger partial charge in [-0.05, 0) is 51.4 Å². The summed E-state index contributed by atoms with van der Waals surface area (Å²) < 4.78 is 10.8. The summed E-state index contributed by atoms with van der Waals surface area (Å²) in [5.41, 5.74) is 0.283. The van der Waals surface area contributed by atoms with Crippen molar-refractivity contribution in [2.75, 3.05) is 49.7 Å². The molecular formula is C24H34N4O5. The Morgan fingerprint density at radius 1 is 1.12 bits per heavy atom. The predicted molar refractivity (Wildman–Crippen MR) is 123 cm³/mol. The molecule has 1 spiro atoms. The van der Waals surface area contributed by atoms with Crippen LogP contribution in [-0.2, 0) is 9.53 Å². The van der Waals surface area contributed by atoms with E-state index < -0.39 is 0 Å². The zero-order chi connectivity index (χ0) is 23.0. The first-order valence-corrected chi connectivity index (χ1v) is 12.2. The van der Waals surface area contributed by atoms with Gasteiger partial charge in [0.1, 0.15) is 0 Å². The van der Waals surface area contributed by atoms with Crippen LogP contribution < -0.4 is 14.5 Å². The lowest BCUT2D eigenvalue weighted by Crippen LogP contribution is -2.50. The zero-order valence-electron chi connectivity index (χ0n) is 19.4. The Morgan fingerprint density at radius 3 is 2.70 bits per heavy atom. The Labute approximate surface area is 194 Å². The number of ether oxygens (including phenoxy) is 2. The fourth-order valence-corrected chi connectivity index (χ4v) is 6.01. The van der Waals surface area contributed by atoms with Crippen LogP contribution >= 0.6 is 0 Å². The zero-order valence-corrected chi connectivity index (χ0v) is 19.4. The summed E-state index contributed by atoms with van der Waals surface area (Å²) in [5.74, 6) is 1.59. The molecule has 1 atom stereocenters. The van der Waals surface area contributed by atoms with Crippen molar-refractivity contribution in [3.8, 4) is 5.75 Å². The minimum atomic E-state index is -0.379. The number of nitrogens with zero attached hydrogens (tertiary/aromatic N) is 4. The molecular weight excluding hydrogens is 424 g/mol. The van der Waals surface area contributed by atoms with Crippen molar-refractivity contribution >= 4 is 23.5 Å². The molecule has 1 N–H and O–H groups in total. The number of amides is 2. The number of likely N-dealkylation sites (tertiary alicyclic amines) is 1. The molecule has 0 aromatic carbocycles. The maximum Gasteiger partial charge on any atom is 0.414 e. The second-order valence-corrected chi connectivity index (χ2v) is 9.86. The Balaban J connectivity index is 1.33. The molecule has 0 unspecified atom stereocenters. The minimum absolute atomic E-state index is 0.216. The van der Waals surface area contributed by atoms with Gasteiger partial charge in [-0.25, -0.2) is 9.78 Å². The molecule has 4 heterocycles. The van der Waals surface area contributed by atoms with Gasteiger partial charge >= 0.3 is 6.09 Å². The van der Waals surface area contributed by atoms with Crippen LogP contribution in [0.4, 0.5) is 16.3 Å². The molecule has 1 aliphatic carbocycles. The number of rotatable bonds is 4. The maximum absolute atomic E-state index is 13.6. The van der Waals surface area contributed by atoms with Crippen LogP contribution in [0, 0.1) is 5.41 Å². The molecule has 5 rings (SSSR count). The third kappa shape index (κ3) is 4.11. The van der Waals surface area contributed by atoms with Crippen molar-refractivity contribution in [2.45, 2.75) is 63.5 Å². The molecule has 0 bridgehead atoms. The summed E-state index contributed by atoms with van der Waals surface area (Å²) in [7, 11) is 1.61. The lowest BCUT2D eigenvalue weighted by Gasteiger charge is -2.41. The molecule has 3 saturated heterocycles. The van der Waals surface area contributed by atoms with Crippen molar-refractivity contribution in [1.29, 1.82) is 0 Å². The van der Waals surface area contributed by atoms with Gasteiger partial charge in [0.15, 0.2) is 11.6 Å². The summed E-state index contributed by atoms with van der Waals surface area (Å²) in [4.78, 5) is 36.3. The van der Waals surface area contributed by atoms with E-state index >= 15 is 0 Å². The number of methoxy groups -OCH3 is 1. The molecule has 1 saturated carbocycles. The van der Waals surface area contributed by atoms with Gasteiger partial charge in [0.2, 0.25) is 5.91 Å². The lowest BCUT2D eigenvalue weighted by molar-refractivity contribution is -0.139. The van der Waals surface area contributed by atoms with E-state index in [1.165, 1.54) is 0 Å². The molecule has 3 aliphatic heterocycles. The van der Waals surface area contributed by atoms with Crippen molar-refractivity contribution in [2.24, 2.45) is 5.41 Å². The molecule has 1 aromatic heterocycles. The van der Waals surface area contributed by atoms with E-state index in [-0.39, 0.29) is 29.6 Å². The number of anilines is 2. The Kier molecular flexibility index (Phi) is 6.07. The molecule has 4 fully saturated rings. The molecule has 4 aliphatic rings. The van der Waals surface area contributed by atoms with E-state index in [1.54, 1.807) is 18.2 Å². The summed E-state index contributed by atoms with van der Waals surface area (Å²) in [6.45, 7) is 3.29. The number of aliphatic hydroxyl groups excluding tert-OH is 1. The fraction of sp³-hybridized carbons (Fsp3) is 0.708. The summed E-state index contributed by atoms with van der Waals surface area (Å²) >= 11 is 0. The average Bonchev–Trinajstić information content (AvgIpc) is 3.14. The van der Waals surface area contributed by atoms with Crippen LogP contribution in [-0.4, -0.2) is 79.0 Å². The van der Waals surface area contributed by atoms with Gasteiger partial charge in [-0.1, -0.05) is 0 Å². The second kappa shape index (κ2) is 9.00. The van der Waals surface area contributed by atoms with Crippen molar-refractivity contribution in [1.82, 2.24) is 9.88 Å². The van der Waals surface area contributed by atoms with Crippen LogP contribution in [0.15, 0.2) is 12.3 Å². The molecule has 9 nitrogen and oxygen atoms in total. The third-order valence-electron chi connectivity index (χ3n) is 7.85. The average molecular weight is 459 g/mol. The highest BCUT2D eigenvalue weighted by Gasteiger charge is 2.51. The van der Waals surface area contributed by atoms with Gasteiger partial charge in [0.05, 0.1) is 37.1 Å². The number of hydrogen-bond acceptors (Lipinski definition) is 7. The first-order valence-electron chi connectivity index (χ1n) is 12.2. The largest absolute Gasteiger partial charge is 0.493 e. The number of piperidine rings is 1. The van der Waals surface area contributed by atoms with Crippen LogP contribution in [0.25, 0.3) is 0 Å². The van der Waals surface area contributed by atoms with E-state index in [1.807, 2.05) is 6.07 Å². The number of carbonyl (C=O) groups excluding carboxylic acids is 2. The van der Waals surface area contributed by atoms with E-state index in [9.17, 15) is 14.7 Å². The summed E-state index contributed by atoms with van der Waals surface area (Å²) in [6, 6.07) is 2.10. The molecule has 33 heavy (non-hydrogen) atoms. The van der Waals surface area contributed by atoms with E-state index in [0.29, 0.717) is 31.1 Å². The standard InChI is InChI=1S/C24H34N4O5/c1-32-20-14-18(28-11-3-13-33-23(28)31)15-25-21(20)26-10-2-8-24(16-26)9-12-27(22(24)30)17-4-6-19(29)7-5-17/h14-15,17,19,29H,2-13,16H2,1H3/t17-,19+,24-/m0/s1. The topological polar surface area (TPSA) is 95.4 Å². The number of pyridine rings is 1. The van der Waals surface area contributed by atoms with E-state index in [2.05, 4.69) is 14.8 Å². The van der Waals surface area contributed by atoms with Crippen molar-refractivity contribution in [3.63, 3.8) is 0 Å². The van der Waals surface area contributed by atoms with Gasteiger partial charge < -0.3 is 24.4 Å². The smallest absolute Gasteiger partial charge is 0.414 e. The van der Waals surface area contributed by atoms with Crippen molar-refractivity contribution < 1.29 is 24.2 Å². The molecule has 180 valence electrons. The number of carbonyl (C=O) groups is 2. The Bertz CT molecular complexity index is 903. The SMILES string of the molecule is COc1cc(N2CCCOC2=O)cnc1N1CCC[C@]2(CCN([C@H]3CC[C@@H](O)CC3)C2=O)C1. The number of cyclic esters (lactones) is 1. The van der Waals surface area contributed by atoms with E-state index in [4.69, 9.17) is 9.47 Å². The highest BCUT2D eigenvalue weighted by molar-refractivity contribution is 5.89. The lowest BCUT2D eigenvalue weighted by atomic mass is 9.78. The molecule has 9 heteroatoms. The van der Waals surface area contributed by atoms with Gasteiger partial charge in [-0.2, -0.15) is 0 Å². The summed E-state index contributed by atoms with van der Waals surface area (Å²) in [5, 5.41) is 9.85. The van der Waals surface area contributed by atoms with Gasteiger partial charge in [-0.15, -0.1) is 0 Å². The predicted octanol–water partition coefficient (Wildman–Crippen LogP) is 2.56. The third-order valence-corrected chi connectivity index (χ3v) is 7.85. The first-order chi connectivity index (χ1) is 16.0. The van der Waals surface area contributed by atoms with Crippen LogP contribution in [0.3, 0.4) is 0 Å². The molecule has 1 aromatic rings. The van der Waals surface area contributed by atoms with Crippen molar-refractivity contribution in [3.05, 3.63) is 12.3 Å². The van der Waals surface area contributed by atoms with E-state index in [0.717, 1.165) is 70.3 Å². The van der Waals surface area contributed by atoms with Gasteiger partial charge in [0.25, 0.3) is 0 Å². The van der Waals surface area contributed by atoms with Crippen LogP contribution in [0.1, 0.15) is 51.4 Å². The Hall–Kier alpha value is -2.55. The van der Waals surface area contributed by atoms with Crippen LogP contribution in [0.5, 0.6) is 5.75 Å². The monoisotopic (exact) mass is 458 g/mol. The minimum Gasteiger partial charge on any atom is -0.493 e. The molecule has 2 amide bonds. The van der Waals surface area contributed by atoms with Gasteiger partial charge in [-0.3, -0.25) is 9.69 Å². The maximum atomic E-state index is 13.6. The number of aromatic nitrogens is 1. The number of hydrogen-bond donors (Lipinski definition) is 1. The highest BCUT2D eigenvalue weighted by atomic mass is 16.6. The fourth-order valence-electron chi connectivity index (χ4n) is 6.01. The summed E-state index contributed by atoms with van der Waals surface area (Å²) in [6.07, 6.45) is 7.93.